The molecule has 0 saturated carbocycles. The maximum Gasteiger partial charge on any atom is 0.387 e. The first-order valence-electron chi connectivity index (χ1n) is 18.2. The number of aromatic nitrogens is 2. The highest BCUT2D eigenvalue weighted by Crippen LogP contribution is 2.33. The summed E-state index contributed by atoms with van der Waals surface area (Å²) >= 11 is 14.6. The van der Waals surface area contributed by atoms with Crippen molar-refractivity contribution in [3.05, 3.63) is 135 Å². The largest absolute Gasteiger partial charge is 0.481 e. The molecule has 0 spiro atoms. The van der Waals surface area contributed by atoms with Crippen molar-refractivity contribution in [3.8, 4) is 28.3 Å². The lowest BCUT2D eigenvalue weighted by molar-refractivity contribution is -0.141. The summed E-state index contributed by atoms with van der Waals surface area (Å²) in [6.45, 7) is -2.93. The van der Waals surface area contributed by atoms with E-state index in [9.17, 15) is 38.2 Å². The van der Waals surface area contributed by atoms with Crippen LogP contribution in [0.4, 0.5) is 19.0 Å². The number of rotatable bonds is 16. The molecule has 2 aromatic heterocycles. The zero-order valence-corrected chi connectivity index (χ0v) is 35.2. The fraction of sp³-hybridized carbons (Fsp3) is 0.209. The molecule has 2 amide bonds. The zero-order chi connectivity index (χ0) is 43.3. The molecule has 0 aliphatic rings. The Morgan fingerprint density at radius 2 is 1.10 bits per heavy atom. The molecule has 0 aliphatic heterocycles. The summed E-state index contributed by atoms with van der Waals surface area (Å²) in [6.07, 6.45) is 0.0868. The highest BCUT2D eigenvalue weighted by molar-refractivity contribution is 7.14. The molecule has 4 aromatic carbocycles. The molecule has 2 atom stereocenters. The van der Waals surface area contributed by atoms with Gasteiger partial charge in [0.25, 0.3) is 0 Å². The minimum Gasteiger partial charge on any atom is -0.481 e. The van der Waals surface area contributed by atoms with Crippen LogP contribution in [0.2, 0.25) is 10.0 Å². The van der Waals surface area contributed by atoms with E-state index >= 15 is 0 Å². The van der Waals surface area contributed by atoms with E-state index in [0.717, 1.165) is 16.7 Å². The summed E-state index contributed by atoms with van der Waals surface area (Å²) in [5.74, 6) is -4.15. The topological polar surface area (TPSA) is 150 Å². The van der Waals surface area contributed by atoms with Gasteiger partial charge in [0.05, 0.1) is 36.1 Å². The van der Waals surface area contributed by atoms with Crippen LogP contribution in [0.15, 0.2) is 114 Å². The van der Waals surface area contributed by atoms with Crippen LogP contribution in [0.3, 0.4) is 0 Å². The predicted octanol–water partition coefficient (Wildman–Crippen LogP) is 10.1. The lowest BCUT2D eigenvalue weighted by Gasteiger charge is -2.21. The number of thiazole rings is 2. The van der Waals surface area contributed by atoms with E-state index in [1.54, 1.807) is 49.8 Å². The molecular formula is C43H38Cl2F2N4O7S2. The lowest BCUT2D eigenvalue weighted by atomic mass is 9.95. The standard InChI is InChI=1S/C22H20F2N2O4S.C21H18Cl2N2O3S/c1-26(20(29)16(12-19(27)28)10-14-6-3-2-4-7-14)22-25-18(13-31-22)15-8-5-9-17(11-15)30-21(23)24;1-25(20(28)15(10-19(26)27)7-13-5-3-2-4-6-13)21-24-18(12-29-21)14-8-16(22)11-17(23)9-14/h2-9,11,13,16,21H,10,12H2,1H3,(H,27,28);2-6,8-9,11-12,15H,7,10H2,1H3,(H,26,27)/t16-;15-/m11/s1. The minimum atomic E-state index is -2.93. The van der Waals surface area contributed by atoms with Gasteiger partial charge in [0.15, 0.2) is 10.3 Å². The highest BCUT2D eigenvalue weighted by Gasteiger charge is 2.29. The Morgan fingerprint density at radius 3 is 1.53 bits per heavy atom. The number of amides is 2. The SMILES string of the molecule is CN(C(=O)[C@@H](CC(=O)O)Cc1ccccc1)c1nc(-c2cc(Cl)cc(Cl)c2)cs1.CN(C(=O)[C@@H](CC(=O)O)Cc1ccccc1)c1nc(-c2cccc(OC(F)F)c2)cs1. The number of halogens is 4. The van der Waals surface area contributed by atoms with Crippen LogP contribution in [0.1, 0.15) is 24.0 Å². The first-order chi connectivity index (χ1) is 28.7. The number of carbonyl (C=O) groups excluding carboxylic acids is 2. The summed E-state index contributed by atoms with van der Waals surface area (Å²) in [5, 5.41) is 23.9. The number of ether oxygens (including phenoxy) is 1. The average molecular weight is 896 g/mol. The maximum absolute atomic E-state index is 13.0. The number of benzene rings is 4. The molecule has 0 fully saturated rings. The van der Waals surface area contributed by atoms with E-state index in [1.165, 1.54) is 44.6 Å². The van der Waals surface area contributed by atoms with E-state index in [4.69, 9.17) is 23.2 Å². The number of hydrogen-bond donors (Lipinski definition) is 2. The molecule has 2 heterocycles. The van der Waals surface area contributed by atoms with Crippen molar-refractivity contribution in [1.29, 1.82) is 0 Å². The third-order valence-corrected chi connectivity index (χ3v) is 11.2. The van der Waals surface area contributed by atoms with E-state index in [2.05, 4.69) is 14.7 Å². The van der Waals surface area contributed by atoms with Gasteiger partial charge in [0.1, 0.15) is 5.75 Å². The summed E-state index contributed by atoms with van der Waals surface area (Å²) < 4.78 is 29.3. The number of alkyl halides is 2. The van der Waals surface area contributed by atoms with Gasteiger partial charge in [0.2, 0.25) is 11.8 Å². The average Bonchev–Trinajstić information content (AvgIpc) is 3.91. The summed E-state index contributed by atoms with van der Waals surface area (Å²) in [4.78, 5) is 60.4. The van der Waals surface area contributed by atoms with Crippen molar-refractivity contribution in [3.63, 3.8) is 0 Å². The lowest BCUT2D eigenvalue weighted by Crippen LogP contribution is -2.35. The molecule has 6 rings (SSSR count). The van der Waals surface area contributed by atoms with Crippen LogP contribution >= 0.6 is 45.9 Å². The fourth-order valence-corrected chi connectivity index (χ4v) is 8.22. The molecule has 0 bridgehead atoms. The van der Waals surface area contributed by atoms with Gasteiger partial charge in [-0.05, 0) is 54.3 Å². The summed E-state index contributed by atoms with van der Waals surface area (Å²) in [5.41, 5.74) is 4.23. The molecule has 17 heteroatoms. The Balaban J connectivity index is 0.000000228. The van der Waals surface area contributed by atoms with Gasteiger partial charge in [-0.25, -0.2) is 9.97 Å². The van der Waals surface area contributed by atoms with Crippen LogP contribution < -0.4 is 14.5 Å². The molecule has 0 radical (unpaired) electrons. The van der Waals surface area contributed by atoms with Gasteiger partial charge < -0.3 is 14.9 Å². The number of nitrogens with zero attached hydrogens (tertiary/aromatic N) is 4. The van der Waals surface area contributed by atoms with E-state index in [-0.39, 0.29) is 30.4 Å². The molecule has 0 aliphatic carbocycles. The molecule has 0 unspecified atom stereocenters. The second kappa shape index (κ2) is 21.5. The number of hydrogen-bond acceptors (Lipinski definition) is 9. The smallest absolute Gasteiger partial charge is 0.387 e. The van der Waals surface area contributed by atoms with Gasteiger partial charge in [0, 0.05) is 46.0 Å². The Morgan fingerprint density at radius 1 is 0.650 bits per heavy atom. The second-order valence-corrected chi connectivity index (χ2v) is 15.9. The maximum atomic E-state index is 13.0. The molecule has 0 saturated heterocycles. The van der Waals surface area contributed by atoms with Gasteiger partial charge in [-0.15, -0.1) is 22.7 Å². The highest BCUT2D eigenvalue weighted by atomic mass is 35.5. The Hall–Kier alpha value is -5.74. The van der Waals surface area contributed by atoms with Crippen LogP contribution in [-0.4, -0.2) is 64.6 Å². The number of aliphatic carboxylic acids is 2. The molecule has 6 aromatic rings. The Kier molecular flexibility index (Phi) is 16.2. The first kappa shape index (κ1) is 45.3. The monoisotopic (exact) mass is 894 g/mol. The first-order valence-corrected chi connectivity index (χ1v) is 20.7. The number of carboxylic acid groups (broad SMARTS) is 2. The van der Waals surface area contributed by atoms with E-state index < -0.39 is 30.4 Å². The molecule has 312 valence electrons. The van der Waals surface area contributed by atoms with Crippen LogP contribution in [0.5, 0.6) is 5.75 Å². The van der Waals surface area contributed by atoms with Crippen molar-refractivity contribution < 1.29 is 42.9 Å². The third-order valence-electron chi connectivity index (χ3n) is 8.92. The molecule has 11 nitrogen and oxygen atoms in total. The normalized spacial score (nSPS) is 11.8. The van der Waals surface area contributed by atoms with Crippen molar-refractivity contribution in [2.45, 2.75) is 32.3 Å². The summed E-state index contributed by atoms with van der Waals surface area (Å²) in [6, 6.07) is 29.8. The van der Waals surface area contributed by atoms with Crippen molar-refractivity contribution in [2.75, 3.05) is 23.9 Å². The van der Waals surface area contributed by atoms with Crippen molar-refractivity contribution >= 4 is 79.9 Å². The second-order valence-electron chi connectivity index (χ2n) is 13.4. The van der Waals surface area contributed by atoms with Crippen LogP contribution in [-0.2, 0) is 32.0 Å². The Labute approximate surface area is 362 Å². The predicted molar refractivity (Wildman–Crippen MR) is 230 cm³/mol. The van der Waals surface area contributed by atoms with Gasteiger partial charge in [-0.2, -0.15) is 8.78 Å². The van der Waals surface area contributed by atoms with Crippen molar-refractivity contribution in [2.24, 2.45) is 11.8 Å². The fourth-order valence-electron chi connectivity index (χ4n) is 6.08. The number of carboxylic acids is 2. The van der Waals surface area contributed by atoms with Crippen molar-refractivity contribution in [1.82, 2.24) is 9.97 Å². The molecular weight excluding hydrogens is 858 g/mol. The van der Waals surface area contributed by atoms with Crippen LogP contribution in [0, 0.1) is 11.8 Å². The van der Waals surface area contributed by atoms with E-state index in [0.29, 0.717) is 50.1 Å². The summed E-state index contributed by atoms with van der Waals surface area (Å²) in [7, 11) is 3.15. The Bertz CT molecular complexity index is 2380. The molecule has 2 N–H and O–H groups in total. The van der Waals surface area contributed by atoms with E-state index in [1.807, 2.05) is 66.0 Å². The number of carbonyl (C=O) groups is 4. The zero-order valence-electron chi connectivity index (χ0n) is 32.1. The van der Waals surface area contributed by atoms with Gasteiger partial charge >= 0.3 is 18.6 Å². The quantitative estimate of drug-likeness (QED) is 0.0968. The minimum absolute atomic E-state index is 0.0101. The van der Waals surface area contributed by atoms with Crippen LogP contribution in [0.25, 0.3) is 22.5 Å². The number of anilines is 2. The van der Waals surface area contributed by atoms with Gasteiger partial charge in [-0.1, -0.05) is 96.0 Å². The van der Waals surface area contributed by atoms with Gasteiger partial charge in [-0.3, -0.25) is 29.0 Å². The third kappa shape index (κ3) is 13.1. The molecule has 60 heavy (non-hydrogen) atoms.